The predicted octanol–water partition coefficient (Wildman–Crippen LogP) is 3.61. The zero-order valence-electron chi connectivity index (χ0n) is 14.2. The van der Waals surface area contributed by atoms with Crippen LogP contribution in [0.15, 0.2) is 53.1 Å². The summed E-state index contributed by atoms with van der Waals surface area (Å²) in [5, 5.41) is 6.00. The summed E-state index contributed by atoms with van der Waals surface area (Å²) < 4.78 is 5.21. The number of hydrogen-bond donors (Lipinski definition) is 2. The second kappa shape index (κ2) is 7.61. The lowest BCUT2D eigenvalue weighted by atomic mass is 10.1. The van der Waals surface area contributed by atoms with Crippen LogP contribution in [0.1, 0.15) is 34.4 Å². The highest BCUT2D eigenvalue weighted by Gasteiger charge is 2.12. The van der Waals surface area contributed by atoms with Gasteiger partial charge in [0.2, 0.25) is 5.95 Å². The summed E-state index contributed by atoms with van der Waals surface area (Å²) in [7, 11) is 0. The summed E-state index contributed by atoms with van der Waals surface area (Å²) in [6.07, 6.45) is 2.47. The van der Waals surface area contributed by atoms with Gasteiger partial charge in [0.05, 0.1) is 12.8 Å². The zero-order chi connectivity index (χ0) is 17.6. The van der Waals surface area contributed by atoms with Gasteiger partial charge in [-0.3, -0.25) is 4.79 Å². The van der Waals surface area contributed by atoms with Gasteiger partial charge in [0.1, 0.15) is 11.5 Å². The molecule has 6 heteroatoms. The molecule has 0 aliphatic carbocycles. The van der Waals surface area contributed by atoms with Gasteiger partial charge in [0.15, 0.2) is 0 Å². The molecule has 2 heterocycles. The van der Waals surface area contributed by atoms with Crippen LogP contribution in [0, 0.1) is 6.92 Å². The molecule has 0 atom stereocenters. The highest BCUT2D eigenvalue weighted by atomic mass is 16.3. The molecule has 128 valence electrons. The quantitative estimate of drug-likeness (QED) is 0.719. The Kier molecular flexibility index (Phi) is 5.09. The van der Waals surface area contributed by atoms with Crippen molar-refractivity contribution < 1.29 is 9.21 Å². The van der Waals surface area contributed by atoms with Crippen LogP contribution in [0.2, 0.25) is 0 Å². The number of furan rings is 1. The third-order valence-electron chi connectivity index (χ3n) is 3.73. The number of aryl methyl sites for hydroxylation is 2. The molecule has 1 amide bonds. The highest BCUT2D eigenvalue weighted by Crippen LogP contribution is 2.19. The van der Waals surface area contributed by atoms with Gasteiger partial charge in [0, 0.05) is 11.4 Å². The normalized spacial score (nSPS) is 10.5. The van der Waals surface area contributed by atoms with Crippen molar-refractivity contribution in [3.8, 4) is 0 Å². The van der Waals surface area contributed by atoms with Gasteiger partial charge in [-0.05, 0) is 43.2 Å². The minimum Gasteiger partial charge on any atom is -0.467 e. The number of hydrogen-bond acceptors (Lipinski definition) is 5. The largest absolute Gasteiger partial charge is 0.467 e. The molecule has 0 bridgehead atoms. The molecule has 2 N–H and O–H groups in total. The smallest absolute Gasteiger partial charge is 0.270 e. The molecule has 2 aromatic heterocycles. The summed E-state index contributed by atoms with van der Waals surface area (Å²) in [6, 6.07) is 13.2. The Hall–Kier alpha value is -3.15. The molecule has 0 unspecified atom stereocenters. The topological polar surface area (TPSA) is 80.0 Å². The number of rotatable bonds is 6. The fourth-order valence-corrected chi connectivity index (χ4v) is 2.48. The molecule has 0 aliphatic rings. The van der Waals surface area contributed by atoms with Gasteiger partial charge in [-0.1, -0.05) is 25.1 Å². The monoisotopic (exact) mass is 336 g/mol. The lowest BCUT2D eigenvalue weighted by Crippen LogP contribution is -2.24. The minimum absolute atomic E-state index is 0.270. The number of nitrogens with one attached hydrogen (secondary N) is 2. The van der Waals surface area contributed by atoms with Crippen molar-refractivity contribution in [1.82, 2.24) is 15.3 Å². The van der Waals surface area contributed by atoms with Crippen LogP contribution in [0.4, 0.5) is 11.6 Å². The van der Waals surface area contributed by atoms with E-state index in [0.29, 0.717) is 23.9 Å². The number of amides is 1. The maximum atomic E-state index is 12.3. The van der Waals surface area contributed by atoms with Crippen LogP contribution in [-0.2, 0) is 13.0 Å². The lowest BCUT2D eigenvalue weighted by molar-refractivity contribution is 0.0943. The molecular weight excluding hydrogens is 316 g/mol. The van der Waals surface area contributed by atoms with Crippen molar-refractivity contribution in [2.75, 3.05) is 5.32 Å². The van der Waals surface area contributed by atoms with E-state index in [1.807, 2.05) is 25.1 Å². The Bertz CT molecular complexity index is 860. The minimum atomic E-state index is -0.270. The number of para-hydroxylation sites is 1. The number of carbonyl (C=O) groups excluding carboxylic acids is 1. The van der Waals surface area contributed by atoms with Crippen molar-refractivity contribution in [1.29, 1.82) is 0 Å². The number of aromatic nitrogens is 2. The Labute approximate surface area is 146 Å². The lowest BCUT2D eigenvalue weighted by Gasteiger charge is -2.11. The number of nitrogens with zero attached hydrogens (tertiary/aromatic N) is 2. The van der Waals surface area contributed by atoms with E-state index in [1.54, 1.807) is 24.5 Å². The van der Waals surface area contributed by atoms with E-state index in [-0.39, 0.29) is 5.91 Å². The fourth-order valence-electron chi connectivity index (χ4n) is 2.48. The summed E-state index contributed by atoms with van der Waals surface area (Å²) in [6.45, 7) is 4.24. The van der Waals surface area contributed by atoms with Crippen molar-refractivity contribution in [2.24, 2.45) is 0 Å². The van der Waals surface area contributed by atoms with E-state index in [0.717, 1.165) is 23.4 Å². The molecule has 0 saturated carbocycles. The number of anilines is 2. The van der Waals surface area contributed by atoms with E-state index in [1.165, 1.54) is 0 Å². The second-order valence-corrected chi connectivity index (χ2v) is 5.62. The van der Waals surface area contributed by atoms with Crippen LogP contribution in [-0.4, -0.2) is 15.9 Å². The fraction of sp³-hybridized carbons (Fsp3) is 0.211. The van der Waals surface area contributed by atoms with Crippen LogP contribution in [0.3, 0.4) is 0 Å². The maximum Gasteiger partial charge on any atom is 0.270 e. The van der Waals surface area contributed by atoms with Gasteiger partial charge in [-0.2, -0.15) is 0 Å². The third kappa shape index (κ3) is 4.23. The first-order valence-corrected chi connectivity index (χ1v) is 8.17. The van der Waals surface area contributed by atoms with Gasteiger partial charge >= 0.3 is 0 Å². The van der Waals surface area contributed by atoms with Crippen molar-refractivity contribution in [3.63, 3.8) is 0 Å². The number of carbonyl (C=O) groups is 1. The van der Waals surface area contributed by atoms with E-state index in [4.69, 9.17) is 4.42 Å². The van der Waals surface area contributed by atoms with Gasteiger partial charge in [0.25, 0.3) is 5.91 Å². The first-order chi connectivity index (χ1) is 12.2. The van der Waals surface area contributed by atoms with Crippen LogP contribution in [0.25, 0.3) is 0 Å². The highest BCUT2D eigenvalue weighted by molar-refractivity contribution is 5.92. The Morgan fingerprint density at radius 1 is 1.16 bits per heavy atom. The molecule has 0 fully saturated rings. The zero-order valence-corrected chi connectivity index (χ0v) is 14.2. The summed E-state index contributed by atoms with van der Waals surface area (Å²) in [4.78, 5) is 21.1. The molecule has 0 aliphatic heterocycles. The molecule has 0 radical (unpaired) electrons. The first kappa shape index (κ1) is 16.7. The van der Waals surface area contributed by atoms with Crippen molar-refractivity contribution in [3.05, 3.63) is 71.4 Å². The van der Waals surface area contributed by atoms with Crippen LogP contribution >= 0.6 is 0 Å². The van der Waals surface area contributed by atoms with Gasteiger partial charge in [-0.25, -0.2) is 9.97 Å². The van der Waals surface area contributed by atoms with E-state index < -0.39 is 0 Å². The third-order valence-corrected chi connectivity index (χ3v) is 3.73. The van der Waals surface area contributed by atoms with Crippen molar-refractivity contribution >= 4 is 17.5 Å². The van der Waals surface area contributed by atoms with E-state index in [9.17, 15) is 4.79 Å². The van der Waals surface area contributed by atoms with Crippen LogP contribution < -0.4 is 10.6 Å². The molecule has 6 nitrogen and oxygen atoms in total. The molecule has 0 saturated heterocycles. The van der Waals surface area contributed by atoms with Gasteiger partial charge < -0.3 is 15.1 Å². The molecule has 3 aromatic rings. The second-order valence-electron chi connectivity index (χ2n) is 5.62. The summed E-state index contributed by atoms with van der Waals surface area (Å²) >= 11 is 0. The standard InChI is InChI=1S/C19H20N4O2/c1-3-14-7-4-5-9-16(14)22-19-21-13(2)11-17(23-19)18(24)20-12-15-8-6-10-25-15/h4-11H,3,12H2,1-2H3,(H,20,24)(H,21,22,23). The first-order valence-electron chi connectivity index (χ1n) is 8.17. The molecule has 1 aromatic carbocycles. The van der Waals surface area contributed by atoms with E-state index in [2.05, 4.69) is 33.6 Å². The Morgan fingerprint density at radius 2 is 2.00 bits per heavy atom. The Balaban J connectivity index is 1.76. The van der Waals surface area contributed by atoms with E-state index >= 15 is 0 Å². The molecule has 0 spiro atoms. The SMILES string of the molecule is CCc1ccccc1Nc1nc(C)cc(C(=O)NCc2ccco2)n1. The number of benzene rings is 1. The molecule has 3 rings (SSSR count). The van der Waals surface area contributed by atoms with Gasteiger partial charge in [-0.15, -0.1) is 0 Å². The van der Waals surface area contributed by atoms with Crippen LogP contribution in [0.5, 0.6) is 0 Å². The van der Waals surface area contributed by atoms with Crippen molar-refractivity contribution in [2.45, 2.75) is 26.8 Å². The average Bonchev–Trinajstić information content (AvgIpc) is 3.13. The summed E-state index contributed by atoms with van der Waals surface area (Å²) in [5.41, 5.74) is 3.14. The maximum absolute atomic E-state index is 12.3. The Morgan fingerprint density at radius 3 is 2.76 bits per heavy atom. The molecular formula is C19H20N4O2. The molecule has 25 heavy (non-hydrogen) atoms. The summed E-state index contributed by atoms with van der Waals surface area (Å²) in [5.74, 6) is 0.826. The predicted molar refractivity (Wildman–Crippen MR) is 95.7 cm³/mol. The average molecular weight is 336 g/mol.